The number of hydrogen-bond acceptors (Lipinski definition) is 5. The van der Waals surface area contributed by atoms with Gasteiger partial charge in [-0.05, 0) is 24.3 Å². The number of sulfonamides is 1. The van der Waals surface area contributed by atoms with Crippen LogP contribution in [0.15, 0.2) is 24.3 Å². The summed E-state index contributed by atoms with van der Waals surface area (Å²) < 4.78 is 24.3. The van der Waals surface area contributed by atoms with Crippen LogP contribution in [0.2, 0.25) is 0 Å². The molecule has 0 saturated carbocycles. The maximum atomic E-state index is 11.0. The first-order chi connectivity index (χ1) is 8.42. The summed E-state index contributed by atoms with van der Waals surface area (Å²) in [7, 11) is -3.18. The van der Waals surface area contributed by atoms with E-state index < -0.39 is 10.0 Å². The van der Waals surface area contributed by atoms with Gasteiger partial charge >= 0.3 is 0 Å². The van der Waals surface area contributed by atoms with Crippen LogP contribution in [0.5, 0.6) is 0 Å². The highest BCUT2D eigenvalue weighted by Crippen LogP contribution is 2.15. The van der Waals surface area contributed by atoms with Gasteiger partial charge in [0.2, 0.25) is 10.0 Å². The Kier molecular flexibility index (Phi) is 10.4. The van der Waals surface area contributed by atoms with Gasteiger partial charge in [0.15, 0.2) is 0 Å². The molecule has 20 heavy (non-hydrogen) atoms. The molecule has 0 unspecified atom stereocenters. The number of rotatable bonds is 7. The molecule has 0 spiro atoms. The molecule has 1 aromatic rings. The van der Waals surface area contributed by atoms with Gasteiger partial charge in [0.25, 0.3) is 0 Å². The largest absolute Gasteiger partial charge is 0.412 e. The van der Waals surface area contributed by atoms with Crippen molar-refractivity contribution in [3.05, 3.63) is 24.3 Å². The second-order valence-electron chi connectivity index (χ2n) is 3.97. The van der Waals surface area contributed by atoms with E-state index in [4.69, 9.17) is 10.8 Å². The van der Waals surface area contributed by atoms with Crippen LogP contribution >= 0.6 is 12.4 Å². The molecule has 0 radical (unpaired) electrons. The summed E-state index contributed by atoms with van der Waals surface area (Å²) in [5.41, 5.74) is 7.16. The van der Waals surface area contributed by atoms with Gasteiger partial charge in [-0.2, -0.15) is 0 Å². The zero-order valence-corrected chi connectivity index (χ0v) is 12.9. The first-order valence-electron chi connectivity index (χ1n) is 5.58. The molecule has 0 amide bonds. The van der Waals surface area contributed by atoms with Crippen molar-refractivity contribution in [1.82, 2.24) is 4.72 Å². The average Bonchev–Trinajstić information content (AvgIpc) is 2.27. The van der Waals surface area contributed by atoms with Gasteiger partial charge in [-0.3, -0.25) is 0 Å². The summed E-state index contributed by atoms with van der Waals surface area (Å²) >= 11 is 0. The smallest absolute Gasteiger partial charge is 0.208 e. The zero-order valence-electron chi connectivity index (χ0n) is 11.2. The van der Waals surface area contributed by atoms with Crippen LogP contribution < -0.4 is 15.4 Å². The minimum absolute atomic E-state index is 0. The molecule has 0 bridgehead atoms. The Balaban J connectivity index is 0. The SMILES string of the molecule is CS(=O)(=O)NCCN(CCO)c1ccc(N)cc1.Cl.O. The number of nitrogens with two attached hydrogens (primary N) is 1. The van der Waals surface area contributed by atoms with Crippen LogP contribution in [0.25, 0.3) is 0 Å². The van der Waals surface area contributed by atoms with Crippen molar-refractivity contribution in [3.63, 3.8) is 0 Å². The standard InChI is InChI=1S/C11H19N3O3S.ClH.H2O/c1-18(16,17)13-6-7-14(8-9-15)11-4-2-10(12)3-5-11;;/h2-5,13,15H,6-9,12H2,1H3;1H;1H2. The van der Waals surface area contributed by atoms with E-state index >= 15 is 0 Å². The number of aliphatic hydroxyl groups is 1. The third-order valence-corrected chi connectivity index (χ3v) is 3.10. The average molecular weight is 328 g/mol. The third kappa shape index (κ3) is 8.18. The number of aliphatic hydroxyl groups excluding tert-OH is 1. The Labute approximate surface area is 125 Å². The fourth-order valence-corrected chi connectivity index (χ4v) is 2.00. The molecule has 9 heteroatoms. The maximum absolute atomic E-state index is 11.0. The van der Waals surface area contributed by atoms with Crippen LogP contribution in [-0.4, -0.2) is 51.5 Å². The summed E-state index contributed by atoms with van der Waals surface area (Å²) in [4.78, 5) is 1.89. The number of hydrogen-bond donors (Lipinski definition) is 3. The van der Waals surface area contributed by atoms with E-state index in [-0.39, 0.29) is 24.5 Å². The Hall–Kier alpha value is -1.06. The summed E-state index contributed by atoms with van der Waals surface area (Å²) in [5.74, 6) is 0. The quantitative estimate of drug-likeness (QED) is 0.566. The lowest BCUT2D eigenvalue weighted by Crippen LogP contribution is -2.36. The first-order valence-corrected chi connectivity index (χ1v) is 7.47. The van der Waals surface area contributed by atoms with Crippen molar-refractivity contribution in [1.29, 1.82) is 0 Å². The number of nitrogen functional groups attached to an aromatic ring is 1. The van der Waals surface area contributed by atoms with Gasteiger partial charge in [-0.15, -0.1) is 12.4 Å². The number of nitrogens with one attached hydrogen (secondary N) is 1. The number of anilines is 2. The van der Waals surface area contributed by atoms with Crippen molar-refractivity contribution >= 4 is 33.8 Å². The summed E-state index contributed by atoms with van der Waals surface area (Å²) in [5, 5.41) is 9.01. The van der Waals surface area contributed by atoms with E-state index in [9.17, 15) is 8.42 Å². The van der Waals surface area contributed by atoms with E-state index in [2.05, 4.69) is 4.72 Å². The third-order valence-electron chi connectivity index (χ3n) is 2.37. The Morgan fingerprint density at radius 2 is 1.80 bits per heavy atom. The minimum Gasteiger partial charge on any atom is -0.412 e. The molecule has 0 heterocycles. The van der Waals surface area contributed by atoms with Crippen LogP contribution in [0, 0.1) is 0 Å². The number of benzene rings is 1. The topological polar surface area (TPSA) is 127 Å². The molecule has 0 aliphatic rings. The Bertz CT molecular complexity index is 467. The van der Waals surface area contributed by atoms with Gasteiger partial charge in [-0.1, -0.05) is 0 Å². The normalized spacial score (nSPS) is 10.3. The fraction of sp³-hybridized carbons (Fsp3) is 0.455. The molecule has 0 fully saturated rings. The second-order valence-corrected chi connectivity index (χ2v) is 5.80. The Morgan fingerprint density at radius 3 is 2.25 bits per heavy atom. The van der Waals surface area contributed by atoms with Crippen LogP contribution in [-0.2, 0) is 10.0 Å². The lowest BCUT2D eigenvalue weighted by atomic mass is 10.2. The van der Waals surface area contributed by atoms with Gasteiger partial charge in [0.1, 0.15) is 0 Å². The van der Waals surface area contributed by atoms with E-state index in [1.807, 2.05) is 17.0 Å². The molecule has 0 saturated heterocycles. The van der Waals surface area contributed by atoms with Crippen molar-refractivity contribution in [2.45, 2.75) is 0 Å². The van der Waals surface area contributed by atoms with Gasteiger partial charge in [-0.25, -0.2) is 13.1 Å². The lowest BCUT2D eigenvalue weighted by molar-refractivity contribution is 0.302. The lowest BCUT2D eigenvalue weighted by Gasteiger charge is -2.24. The second kappa shape index (κ2) is 9.78. The predicted octanol–water partition coefficient (Wildman–Crippen LogP) is -0.786. The molecule has 0 aliphatic heterocycles. The van der Waals surface area contributed by atoms with E-state index in [0.29, 0.717) is 25.3 Å². The van der Waals surface area contributed by atoms with E-state index in [0.717, 1.165) is 11.9 Å². The van der Waals surface area contributed by atoms with Gasteiger partial charge in [0, 0.05) is 31.0 Å². The van der Waals surface area contributed by atoms with Crippen molar-refractivity contribution in [2.75, 3.05) is 43.1 Å². The van der Waals surface area contributed by atoms with Crippen LogP contribution in [0.1, 0.15) is 0 Å². The molecule has 1 rings (SSSR count). The van der Waals surface area contributed by atoms with Crippen molar-refractivity contribution in [2.24, 2.45) is 0 Å². The molecule has 118 valence electrons. The number of nitrogens with zero attached hydrogens (tertiary/aromatic N) is 1. The molecule has 0 aromatic heterocycles. The highest BCUT2D eigenvalue weighted by molar-refractivity contribution is 7.88. The zero-order chi connectivity index (χ0) is 13.6. The Morgan fingerprint density at radius 1 is 1.25 bits per heavy atom. The summed E-state index contributed by atoms with van der Waals surface area (Å²) in [6, 6.07) is 7.21. The molecule has 1 aromatic carbocycles. The molecular weight excluding hydrogens is 306 g/mol. The fourth-order valence-electron chi connectivity index (χ4n) is 1.54. The first kappa shape index (κ1) is 21.2. The highest BCUT2D eigenvalue weighted by Gasteiger charge is 2.07. The monoisotopic (exact) mass is 327 g/mol. The molecule has 7 nitrogen and oxygen atoms in total. The van der Waals surface area contributed by atoms with Crippen molar-refractivity contribution < 1.29 is 19.0 Å². The summed E-state index contributed by atoms with van der Waals surface area (Å²) in [6.07, 6.45) is 1.12. The minimum atomic E-state index is -3.18. The molecule has 0 aliphatic carbocycles. The molecule has 0 atom stereocenters. The maximum Gasteiger partial charge on any atom is 0.208 e. The van der Waals surface area contributed by atoms with E-state index in [1.54, 1.807) is 12.1 Å². The van der Waals surface area contributed by atoms with Crippen molar-refractivity contribution in [3.8, 4) is 0 Å². The summed E-state index contributed by atoms with van der Waals surface area (Å²) in [6.45, 7) is 1.22. The molecular formula is C11H22ClN3O4S. The van der Waals surface area contributed by atoms with Crippen LogP contribution in [0.4, 0.5) is 11.4 Å². The van der Waals surface area contributed by atoms with Gasteiger partial charge < -0.3 is 21.2 Å². The van der Waals surface area contributed by atoms with Crippen LogP contribution in [0.3, 0.4) is 0 Å². The molecule has 6 N–H and O–H groups in total. The highest BCUT2D eigenvalue weighted by atomic mass is 35.5. The van der Waals surface area contributed by atoms with E-state index in [1.165, 1.54) is 0 Å². The predicted molar refractivity (Wildman–Crippen MR) is 83.9 cm³/mol. The van der Waals surface area contributed by atoms with Gasteiger partial charge in [0.05, 0.1) is 12.9 Å². The number of halogens is 1.